The van der Waals surface area contributed by atoms with E-state index in [1.54, 1.807) is 12.1 Å². The summed E-state index contributed by atoms with van der Waals surface area (Å²) in [4.78, 5) is 35.3. The molecule has 1 aliphatic heterocycles. The molecule has 32 heavy (non-hydrogen) atoms. The number of amides is 2. The van der Waals surface area contributed by atoms with Crippen molar-refractivity contribution in [2.45, 2.75) is 32.2 Å². The summed E-state index contributed by atoms with van der Waals surface area (Å²) in [5.41, 5.74) is 10.5. The first-order valence-corrected chi connectivity index (χ1v) is 10.8. The van der Waals surface area contributed by atoms with Gasteiger partial charge in [-0.25, -0.2) is 9.97 Å². The minimum Gasteiger partial charge on any atom is -0.339 e. The molecule has 2 amide bonds. The van der Waals surface area contributed by atoms with Crippen LogP contribution < -0.4 is 11.1 Å². The van der Waals surface area contributed by atoms with E-state index in [-0.39, 0.29) is 17.5 Å². The number of aromatic nitrogens is 2. The van der Waals surface area contributed by atoms with Crippen molar-refractivity contribution in [2.75, 3.05) is 18.4 Å². The summed E-state index contributed by atoms with van der Waals surface area (Å²) < 4.78 is 0. The number of nitrogens with two attached hydrogens (primary N) is 1. The number of piperidine rings is 1. The largest absolute Gasteiger partial charge is 0.339 e. The minimum atomic E-state index is -0.332. The third kappa shape index (κ3) is 4.84. The molecule has 0 atom stereocenters. The Hall–Kier alpha value is -3.58. The van der Waals surface area contributed by atoms with Crippen LogP contribution in [0.15, 0.2) is 61.1 Å². The van der Waals surface area contributed by atoms with Gasteiger partial charge in [0.05, 0.1) is 0 Å². The molecular formula is C25H27N5O2. The third-order valence-corrected chi connectivity index (χ3v) is 6.02. The summed E-state index contributed by atoms with van der Waals surface area (Å²) in [6.07, 6.45) is 4.70. The molecule has 1 fully saturated rings. The second-order valence-electron chi connectivity index (χ2n) is 8.09. The average molecular weight is 430 g/mol. The molecule has 4 rings (SSSR count). The second-order valence-corrected chi connectivity index (χ2v) is 8.09. The zero-order chi connectivity index (χ0) is 22.5. The Kier molecular flexibility index (Phi) is 6.56. The van der Waals surface area contributed by atoms with Gasteiger partial charge in [0.2, 0.25) is 0 Å². The molecule has 7 heteroatoms. The highest BCUT2D eigenvalue weighted by Crippen LogP contribution is 2.29. The summed E-state index contributed by atoms with van der Waals surface area (Å²) in [5.74, 6) is 0.104. The Balaban J connectivity index is 1.41. The third-order valence-electron chi connectivity index (χ3n) is 6.02. The number of likely N-dealkylation sites (tertiary alicyclic amines) is 1. The quantitative estimate of drug-likeness (QED) is 0.646. The number of hydrogen-bond donors (Lipinski definition) is 2. The van der Waals surface area contributed by atoms with Gasteiger partial charge < -0.3 is 16.0 Å². The zero-order valence-electron chi connectivity index (χ0n) is 18.1. The van der Waals surface area contributed by atoms with E-state index in [1.165, 1.54) is 18.1 Å². The van der Waals surface area contributed by atoms with Gasteiger partial charge in [-0.1, -0.05) is 30.3 Å². The van der Waals surface area contributed by atoms with Crippen LogP contribution in [0.1, 0.15) is 56.3 Å². The lowest BCUT2D eigenvalue weighted by molar-refractivity contribution is 0.0712. The van der Waals surface area contributed by atoms with E-state index in [0.717, 1.165) is 24.0 Å². The number of carbonyl (C=O) groups excluding carboxylic acids is 2. The smallest absolute Gasteiger partial charge is 0.274 e. The Morgan fingerprint density at radius 1 is 1.09 bits per heavy atom. The summed E-state index contributed by atoms with van der Waals surface area (Å²) in [6, 6.07) is 15.4. The number of rotatable bonds is 5. The first-order valence-electron chi connectivity index (χ1n) is 10.8. The van der Waals surface area contributed by atoms with Crippen LogP contribution in [0.5, 0.6) is 0 Å². The van der Waals surface area contributed by atoms with Crippen molar-refractivity contribution in [2.24, 2.45) is 5.73 Å². The summed E-state index contributed by atoms with van der Waals surface area (Å²) >= 11 is 0. The molecule has 0 spiro atoms. The predicted molar refractivity (Wildman–Crippen MR) is 123 cm³/mol. The Labute approximate surface area is 187 Å². The minimum absolute atomic E-state index is 0.0144. The van der Waals surface area contributed by atoms with Gasteiger partial charge in [-0.3, -0.25) is 9.59 Å². The van der Waals surface area contributed by atoms with Crippen molar-refractivity contribution in [1.29, 1.82) is 0 Å². The molecule has 164 valence electrons. The molecule has 0 bridgehead atoms. The Bertz CT molecular complexity index is 1090. The van der Waals surface area contributed by atoms with Gasteiger partial charge in [-0.15, -0.1) is 0 Å². The lowest BCUT2D eigenvalue weighted by Gasteiger charge is -2.32. The molecule has 2 aromatic carbocycles. The second kappa shape index (κ2) is 9.70. The van der Waals surface area contributed by atoms with Crippen molar-refractivity contribution in [3.05, 3.63) is 89.0 Å². The van der Waals surface area contributed by atoms with Gasteiger partial charge in [0.15, 0.2) is 0 Å². The first kappa shape index (κ1) is 21.6. The normalized spacial score (nSPS) is 14.2. The highest BCUT2D eigenvalue weighted by Gasteiger charge is 2.25. The van der Waals surface area contributed by atoms with E-state index < -0.39 is 0 Å². The van der Waals surface area contributed by atoms with Gasteiger partial charge in [-0.2, -0.15) is 0 Å². The van der Waals surface area contributed by atoms with Crippen LogP contribution in [0.25, 0.3) is 0 Å². The van der Waals surface area contributed by atoms with Crippen LogP contribution in [0.4, 0.5) is 5.69 Å². The molecule has 7 nitrogen and oxygen atoms in total. The Morgan fingerprint density at radius 3 is 2.50 bits per heavy atom. The lowest BCUT2D eigenvalue weighted by Crippen LogP contribution is -2.38. The van der Waals surface area contributed by atoms with E-state index in [2.05, 4.69) is 39.6 Å². The lowest BCUT2D eigenvalue weighted by atomic mass is 9.88. The van der Waals surface area contributed by atoms with E-state index in [0.29, 0.717) is 36.8 Å². The van der Waals surface area contributed by atoms with Crippen molar-refractivity contribution in [3.63, 3.8) is 0 Å². The number of aryl methyl sites for hydroxylation is 1. The first-order chi connectivity index (χ1) is 15.5. The van der Waals surface area contributed by atoms with Crippen LogP contribution >= 0.6 is 0 Å². The van der Waals surface area contributed by atoms with Gasteiger partial charge in [0, 0.05) is 37.1 Å². The molecule has 0 radical (unpaired) electrons. The van der Waals surface area contributed by atoms with Gasteiger partial charge in [0.1, 0.15) is 12.0 Å². The average Bonchev–Trinajstić information content (AvgIpc) is 2.85. The standard InChI is InChI=1S/C25H27N5O2/c1-17-2-5-21(14-23(17)29-24(31)22-8-11-27-16-28-22)25(32)30-12-9-20(10-13-30)19-6-3-18(15-26)4-7-19/h2-8,11,14,16,20H,9-10,12-13,15,26H2,1H3,(H,29,31). The van der Waals surface area contributed by atoms with Crippen molar-refractivity contribution in [1.82, 2.24) is 14.9 Å². The van der Waals surface area contributed by atoms with Crippen molar-refractivity contribution in [3.8, 4) is 0 Å². The molecule has 0 unspecified atom stereocenters. The van der Waals surface area contributed by atoms with Gasteiger partial charge in [-0.05, 0) is 60.6 Å². The SMILES string of the molecule is Cc1ccc(C(=O)N2CCC(c3ccc(CN)cc3)CC2)cc1NC(=O)c1ccncn1. The Morgan fingerprint density at radius 2 is 1.84 bits per heavy atom. The molecule has 0 saturated carbocycles. The van der Waals surface area contributed by atoms with Crippen LogP contribution in [0.2, 0.25) is 0 Å². The maximum atomic E-state index is 13.1. The van der Waals surface area contributed by atoms with Gasteiger partial charge in [0.25, 0.3) is 11.8 Å². The maximum Gasteiger partial charge on any atom is 0.274 e. The monoisotopic (exact) mass is 429 g/mol. The molecule has 3 aromatic rings. The maximum absolute atomic E-state index is 13.1. The number of hydrogen-bond acceptors (Lipinski definition) is 5. The number of nitrogens with zero attached hydrogens (tertiary/aromatic N) is 3. The van der Waals surface area contributed by atoms with E-state index in [9.17, 15) is 9.59 Å². The zero-order valence-corrected chi connectivity index (χ0v) is 18.1. The fourth-order valence-corrected chi connectivity index (χ4v) is 4.03. The highest BCUT2D eigenvalue weighted by atomic mass is 16.2. The topological polar surface area (TPSA) is 101 Å². The number of carbonyl (C=O) groups is 2. The van der Waals surface area contributed by atoms with Gasteiger partial charge >= 0.3 is 0 Å². The van der Waals surface area contributed by atoms with Crippen LogP contribution in [-0.2, 0) is 6.54 Å². The van der Waals surface area contributed by atoms with E-state index in [1.807, 2.05) is 24.0 Å². The summed E-state index contributed by atoms with van der Waals surface area (Å²) in [7, 11) is 0. The molecule has 1 saturated heterocycles. The van der Waals surface area contributed by atoms with E-state index in [4.69, 9.17) is 5.73 Å². The number of benzene rings is 2. The number of nitrogens with one attached hydrogen (secondary N) is 1. The van der Waals surface area contributed by atoms with E-state index >= 15 is 0 Å². The molecular weight excluding hydrogens is 402 g/mol. The van der Waals surface area contributed by atoms with Crippen molar-refractivity contribution >= 4 is 17.5 Å². The fourth-order valence-electron chi connectivity index (χ4n) is 4.03. The summed E-state index contributed by atoms with van der Waals surface area (Å²) in [6.45, 7) is 3.86. The highest BCUT2D eigenvalue weighted by molar-refractivity contribution is 6.04. The van der Waals surface area contributed by atoms with Crippen LogP contribution in [0.3, 0.4) is 0 Å². The predicted octanol–water partition coefficient (Wildman–Crippen LogP) is 3.52. The molecule has 0 aliphatic carbocycles. The molecule has 2 heterocycles. The van der Waals surface area contributed by atoms with Crippen LogP contribution in [-0.4, -0.2) is 39.8 Å². The molecule has 1 aliphatic rings. The molecule has 3 N–H and O–H groups in total. The fraction of sp³-hybridized carbons (Fsp3) is 0.280. The number of anilines is 1. The summed E-state index contributed by atoms with van der Waals surface area (Å²) in [5, 5.41) is 2.85. The molecule has 1 aromatic heterocycles. The van der Waals surface area contributed by atoms with Crippen LogP contribution in [0, 0.1) is 6.92 Å². The van der Waals surface area contributed by atoms with Crippen molar-refractivity contribution < 1.29 is 9.59 Å².